The molecular weight excluding hydrogens is 340 g/mol. The molecular formula is C18H18N2O2S2. The number of nitrogens with zero attached hydrogens (tertiary/aromatic N) is 1. The van der Waals surface area contributed by atoms with Crippen LogP contribution in [0.5, 0.6) is 0 Å². The van der Waals surface area contributed by atoms with Crippen molar-refractivity contribution in [2.75, 3.05) is 17.8 Å². The van der Waals surface area contributed by atoms with E-state index in [1.165, 1.54) is 18.0 Å². The van der Waals surface area contributed by atoms with Crippen molar-refractivity contribution in [2.24, 2.45) is 0 Å². The van der Waals surface area contributed by atoms with Gasteiger partial charge in [-0.2, -0.15) is 0 Å². The molecule has 0 saturated carbocycles. The third-order valence-electron chi connectivity index (χ3n) is 3.48. The molecule has 1 N–H and O–H groups in total. The maximum Gasteiger partial charge on any atom is 0.166 e. The van der Waals surface area contributed by atoms with Gasteiger partial charge in [0.15, 0.2) is 5.16 Å². The van der Waals surface area contributed by atoms with Crippen LogP contribution in [0.3, 0.4) is 0 Å². The molecule has 0 unspecified atom stereocenters. The standard InChI is InChI=1S/C18H18N2O2S2/c1-24(21,22)13-12-23-18-19-16(14-8-4-2-5-9-14)17(20-18)15-10-6-3-7-11-15/h2-11H,12-13H2,1H3,(H,19,20). The Morgan fingerprint density at radius 2 is 1.54 bits per heavy atom. The van der Waals surface area contributed by atoms with Gasteiger partial charge in [0.1, 0.15) is 9.84 Å². The summed E-state index contributed by atoms with van der Waals surface area (Å²) in [7, 11) is -2.96. The van der Waals surface area contributed by atoms with Crippen molar-refractivity contribution >= 4 is 21.6 Å². The van der Waals surface area contributed by atoms with Gasteiger partial charge >= 0.3 is 0 Å². The number of hydrogen-bond donors (Lipinski definition) is 1. The first-order valence-electron chi connectivity index (χ1n) is 7.54. The Bertz CT molecular complexity index is 848. The second kappa shape index (κ2) is 7.23. The van der Waals surface area contributed by atoms with E-state index < -0.39 is 9.84 Å². The lowest BCUT2D eigenvalue weighted by Gasteiger charge is -2.02. The second-order valence-electron chi connectivity index (χ2n) is 5.48. The molecule has 2 aromatic carbocycles. The topological polar surface area (TPSA) is 62.8 Å². The summed E-state index contributed by atoms with van der Waals surface area (Å²) in [5.41, 5.74) is 3.91. The lowest BCUT2D eigenvalue weighted by molar-refractivity contribution is 0.603. The molecule has 0 saturated heterocycles. The summed E-state index contributed by atoms with van der Waals surface area (Å²) in [4.78, 5) is 8.03. The summed E-state index contributed by atoms with van der Waals surface area (Å²) >= 11 is 1.43. The van der Waals surface area contributed by atoms with Crippen LogP contribution in [0.25, 0.3) is 22.5 Å². The summed E-state index contributed by atoms with van der Waals surface area (Å²) in [6, 6.07) is 20.0. The highest BCUT2D eigenvalue weighted by Gasteiger charge is 2.14. The number of imidazole rings is 1. The molecule has 0 aliphatic carbocycles. The van der Waals surface area contributed by atoms with E-state index in [9.17, 15) is 8.42 Å². The normalized spacial score (nSPS) is 11.5. The Labute approximate surface area is 146 Å². The summed E-state index contributed by atoms with van der Waals surface area (Å²) in [6.45, 7) is 0. The Kier molecular flexibility index (Phi) is 5.06. The molecule has 3 rings (SSSR count). The van der Waals surface area contributed by atoms with Crippen molar-refractivity contribution in [1.29, 1.82) is 0 Å². The molecule has 0 aliphatic heterocycles. The number of aromatic nitrogens is 2. The van der Waals surface area contributed by atoms with Gasteiger partial charge in [-0.05, 0) is 0 Å². The van der Waals surface area contributed by atoms with Crippen LogP contribution in [0.2, 0.25) is 0 Å². The van der Waals surface area contributed by atoms with Crippen LogP contribution < -0.4 is 0 Å². The van der Waals surface area contributed by atoms with E-state index in [4.69, 9.17) is 0 Å². The van der Waals surface area contributed by atoms with E-state index in [1.54, 1.807) is 0 Å². The van der Waals surface area contributed by atoms with Gasteiger partial charge in [-0.1, -0.05) is 72.4 Å². The van der Waals surface area contributed by atoms with Gasteiger partial charge in [-0.3, -0.25) is 0 Å². The van der Waals surface area contributed by atoms with Crippen LogP contribution >= 0.6 is 11.8 Å². The van der Waals surface area contributed by atoms with Gasteiger partial charge in [0, 0.05) is 23.1 Å². The molecule has 0 radical (unpaired) electrons. The van der Waals surface area contributed by atoms with Crippen molar-refractivity contribution in [1.82, 2.24) is 9.97 Å². The van der Waals surface area contributed by atoms with E-state index in [1.807, 2.05) is 60.7 Å². The average Bonchev–Trinajstić information content (AvgIpc) is 2.99. The smallest absolute Gasteiger partial charge is 0.166 e. The molecule has 1 heterocycles. The number of benzene rings is 2. The van der Waals surface area contributed by atoms with Gasteiger partial charge in [-0.25, -0.2) is 13.4 Å². The highest BCUT2D eigenvalue weighted by atomic mass is 32.2. The highest BCUT2D eigenvalue weighted by Crippen LogP contribution is 2.32. The van der Waals surface area contributed by atoms with Crippen LogP contribution in [0, 0.1) is 0 Å². The number of aromatic amines is 1. The fraction of sp³-hybridized carbons (Fsp3) is 0.167. The maximum absolute atomic E-state index is 11.3. The summed E-state index contributed by atoms with van der Waals surface area (Å²) in [5, 5.41) is 0.733. The highest BCUT2D eigenvalue weighted by molar-refractivity contribution is 8.00. The number of nitrogens with one attached hydrogen (secondary N) is 1. The molecule has 0 spiro atoms. The zero-order chi connectivity index (χ0) is 17.0. The lowest BCUT2D eigenvalue weighted by atomic mass is 10.1. The third-order valence-corrected chi connectivity index (χ3v) is 5.56. The predicted molar refractivity (Wildman–Crippen MR) is 99.9 cm³/mol. The predicted octanol–water partition coefficient (Wildman–Crippen LogP) is 3.88. The molecule has 24 heavy (non-hydrogen) atoms. The van der Waals surface area contributed by atoms with E-state index in [-0.39, 0.29) is 5.75 Å². The minimum Gasteiger partial charge on any atom is -0.332 e. The van der Waals surface area contributed by atoms with Crippen LogP contribution in [0.15, 0.2) is 65.8 Å². The van der Waals surface area contributed by atoms with Gasteiger partial charge < -0.3 is 4.98 Å². The molecule has 0 amide bonds. The molecule has 1 aromatic heterocycles. The first-order chi connectivity index (χ1) is 11.5. The maximum atomic E-state index is 11.3. The lowest BCUT2D eigenvalue weighted by Crippen LogP contribution is -2.05. The number of hydrogen-bond acceptors (Lipinski definition) is 4. The molecule has 0 bridgehead atoms. The van der Waals surface area contributed by atoms with Crippen LogP contribution in [-0.2, 0) is 9.84 Å². The Hall–Kier alpha value is -2.05. The quantitative estimate of drug-likeness (QED) is 0.679. The number of sulfone groups is 1. The molecule has 0 fully saturated rings. The first kappa shape index (κ1) is 16.8. The summed E-state index contributed by atoms with van der Waals surface area (Å²) in [6.07, 6.45) is 1.25. The van der Waals surface area contributed by atoms with Crippen LogP contribution in [-0.4, -0.2) is 36.1 Å². The van der Waals surface area contributed by atoms with Crippen LogP contribution in [0.4, 0.5) is 0 Å². The third kappa shape index (κ3) is 4.27. The zero-order valence-corrected chi connectivity index (χ0v) is 14.9. The van der Waals surface area contributed by atoms with Crippen molar-refractivity contribution in [3.63, 3.8) is 0 Å². The van der Waals surface area contributed by atoms with Crippen LogP contribution in [0.1, 0.15) is 0 Å². The first-order valence-corrected chi connectivity index (χ1v) is 10.6. The van der Waals surface area contributed by atoms with Gasteiger partial charge in [0.25, 0.3) is 0 Å². The molecule has 3 aromatic rings. The minimum atomic E-state index is -2.96. The van der Waals surface area contributed by atoms with Crippen molar-refractivity contribution < 1.29 is 8.42 Å². The van der Waals surface area contributed by atoms with Gasteiger partial charge in [0.2, 0.25) is 0 Å². The van der Waals surface area contributed by atoms with Crippen molar-refractivity contribution in [3.05, 3.63) is 60.7 Å². The van der Waals surface area contributed by atoms with E-state index >= 15 is 0 Å². The second-order valence-corrected chi connectivity index (χ2v) is 8.82. The summed E-state index contributed by atoms with van der Waals surface area (Å²) < 4.78 is 22.6. The number of rotatable bonds is 6. The molecule has 6 heteroatoms. The molecule has 4 nitrogen and oxygen atoms in total. The minimum absolute atomic E-state index is 0.139. The number of H-pyrrole nitrogens is 1. The average molecular weight is 358 g/mol. The van der Waals surface area contributed by atoms with E-state index in [0.29, 0.717) is 5.75 Å². The largest absolute Gasteiger partial charge is 0.332 e. The Morgan fingerprint density at radius 1 is 0.958 bits per heavy atom. The molecule has 0 aliphatic rings. The Balaban J connectivity index is 1.94. The SMILES string of the molecule is CS(=O)(=O)CCSc1nc(-c2ccccc2)c(-c2ccccc2)[nH]1. The van der Waals surface area contributed by atoms with Crippen molar-refractivity contribution in [3.8, 4) is 22.5 Å². The monoisotopic (exact) mass is 358 g/mol. The van der Waals surface area contributed by atoms with Gasteiger partial charge in [0.05, 0.1) is 17.1 Å². The van der Waals surface area contributed by atoms with Gasteiger partial charge in [-0.15, -0.1) is 0 Å². The van der Waals surface area contributed by atoms with E-state index in [0.717, 1.165) is 27.7 Å². The molecule has 124 valence electrons. The summed E-state index contributed by atoms with van der Waals surface area (Å²) in [5.74, 6) is 0.620. The fourth-order valence-corrected chi connectivity index (χ4v) is 4.40. The van der Waals surface area contributed by atoms with E-state index in [2.05, 4.69) is 9.97 Å². The zero-order valence-electron chi connectivity index (χ0n) is 13.3. The Morgan fingerprint density at radius 3 is 2.12 bits per heavy atom. The number of thioether (sulfide) groups is 1. The molecule has 0 atom stereocenters. The van der Waals surface area contributed by atoms with Crippen molar-refractivity contribution in [2.45, 2.75) is 5.16 Å². The fourth-order valence-electron chi connectivity index (χ4n) is 2.33.